The number of amides is 2. The Bertz CT molecular complexity index is 749. The zero-order chi connectivity index (χ0) is 21.9. The number of ether oxygens (including phenoxy) is 2. The molecule has 0 aliphatic carbocycles. The number of carbonyl (C=O) groups is 3. The minimum absolute atomic E-state index is 0.0366. The van der Waals surface area contributed by atoms with Gasteiger partial charge < -0.3 is 19.7 Å². The van der Waals surface area contributed by atoms with Crippen LogP contribution in [-0.4, -0.2) is 48.6 Å². The van der Waals surface area contributed by atoms with E-state index >= 15 is 0 Å². The summed E-state index contributed by atoms with van der Waals surface area (Å²) in [5, 5.41) is 2.93. The predicted octanol–water partition coefficient (Wildman–Crippen LogP) is 3.07. The minimum atomic E-state index is -0.427. The molecule has 1 saturated heterocycles. The predicted molar refractivity (Wildman–Crippen MR) is 113 cm³/mol. The van der Waals surface area contributed by atoms with Crippen molar-refractivity contribution in [3.05, 3.63) is 61.2 Å². The number of benzene rings is 1. The molecule has 162 valence electrons. The molecule has 0 bridgehead atoms. The molecule has 1 aliphatic heterocycles. The normalized spacial score (nSPS) is 19.3. The number of piperidine rings is 1. The number of rotatable bonds is 9. The maximum absolute atomic E-state index is 12.7. The zero-order valence-electron chi connectivity index (χ0n) is 17.4. The van der Waals surface area contributed by atoms with Gasteiger partial charge in [0.15, 0.2) is 0 Å². The topological polar surface area (TPSA) is 84.9 Å². The molecule has 7 nitrogen and oxygen atoms in total. The number of nitrogens with one attached hydrogen (secondary N) is 1. The summed E-state index contributed by atoms with van der Waals surface area (Å²) in [6.45, 7) is 9.88. The van der Waals surface area contributed by atoms with Crippen molar-refractivity contribution >= 4 is 18.0 Å². The quantitative estimate of drug-likeness (QED) is 0.381. The molecule has 0 aromatic heterocycles. The first-order valence-electron chi connectivity index (χ1n) is 10.1. The van der Waals surface area contributed by atoms with Crippen molar-refractivity contribution in [3.8, 4) is 0 Å². The van der Waals surface area contributed by atoms with Gasteiger partial charge in [0.1, 0.15) is 6.61 Å². The number of likely N-dealkylation sites (tertiary alicyclic amines) is 1. The van der Waals surface area contributed by atoms with E-state index in [-0.39, 0.29) is 43.0 Å². The second-order valence-corrected chi connectivity index (χ2v) is 7.45. The first kappa shape index (κ1) is 23.2. The number of esters is 1. The maximum atomic E-state index is 12.7. The Morgan fingerprint density at radius 1 is 1.20 bits per heavy atom. The first-order chi connectivity index (χ1) is 14.4. The summed E-state index contributed by atoms with van der Waals surface area (Å²) in [5.74, 6) is -0.726. The molecule has 2 rings (SSSR count). The van der Waals surface area contributed by atoms with Crippen LogP contribution in [-0.2, 0) is 25.7 Å². The molecule has 0 saturated carbocycles. The summed E-state index contributed by atoms with van der Waals surface area (Å²) in [6, 6.07) is 9.24. The van der Waals surface area contributed by atoms with Crippen LogP contribution >= 0.6 is 0 Å². The third kappa shape index (κ3) is 7.39. The summed E-state index contributed by atoms with van der Waals surface area (Å²) in [5.41, 5.74) is 0.902. The molecule has 0 unspecified atom stereocenters. The van der Waals surface area contributed by atoms with Gasteiger partial charge in [-0.15, -0.1) is 6.58 Å². The van der Waals surface area contributed by atoms with Crippen LogP contribution in [0, 0.1) is 11.8 Å². The van der Waals surface area contributed by atoms with E-state index in [9.17, 15) is 14.4 Å². The van der Waals surface area contributed by atoms with E-state index in [1.54, 1.807) is 11.0 Å². The van der Waals surface area contributed by atoms with E-state index in [0.29, 0.717) is 25.9 Å². The fourth-order valence-electron chi connectivity index (χ4n) is 3.64. The third-order valence-corrected chi connectivity index (χ3v) is 5.06. The molecular formula is C23H30N2O5. The highest BCUT2D eigenvalue weighted by Crippen LogP contribution is 2.27. The van der Waals surface area contributed by atoms with Crippen molar-refractivity contribution in [1.29, 1.82) is 0 Å². The molecule has 1 aliphatic rings. The molecule has 30 heavy (non-hydrogen) atoms. The smallest absolute Gasteiger partial charge is 0.410 e. The number of hydrogen-bond acceptors (Lipinski definition) is 5. The molecule has 0 spiro atoms. The Balaban J connectivity index is 2.09. The van der Waals surface area contributed by atoms with E-state index in [1.165, 1.54) is 13.0 Å². The van der Waals surface area contributed by atoms with Crippen LogP contribution < -0.4 is 5.32 Å². The molecule has 1 fully saturated rings. The van der Waals surface area contributed by atoms with E-state index in [4.69, 9.17) is 9.47 Å². The van der Waals surface area contributed by atoms with Crippen LogP contribution in [0.3, 0.4) is 0 Å². The lowest BCUT2D eigenvalue weighted by atomic mass is 9.83. The van der Waals surface area contributed by atoms with E-state index in [1.807, 2.05) is 30.3 Å². The number of carbonyl (C=O) groups excluding carboxylic acids is 3. The Kier molecular flexibility index (Phi) is 9.12. The van der Waals surface area contributed by atoms with Crippen molar-refractivity contribution < 1.29 is 23.9 Å². The molecule has 3 atom stereocenters. The minimum Gasteiger partial charge on any atom is -0.466 e. The van der Waals surface area contributed by atoms with Gasteiger partial charge in [0, 0.05) is 32.0 Å². The average Bonchev–Trinajstić information content (AvgIpc) is 2.76. The monoisotopic (exact) mass is 414 g/mol. The highest BCUT2D eigenvalue weighted by molar-refractivity contribution is 5.87. The largest absolute Gasteiger partial charge is 0.466 e. The van der Waals surface area contributed by atoms with E-state index < -0.39 is 6.09 Å². The average molecular weight is 415 g/mol. The van der Waals surface area contributed by atoms with Crippen LogP contribution in [0.25, 0.3) is 0 Å². The van der Waals surface area contributed by atoms with Crippen LogP contribution in [0.5, 0.6) is 0 Å². The van der Waals surface area contributed by atoms with Crippen LogP contribution in [0.4, 0.5) is 4.79 Å². The van der Waals surface area contributed by atoms with Crippen LogP contribution in [0.2, 0.25) is 0 Å². The van der Waals surface area contributed by atoms with Gasteiger partial charge in [-0.25, -0.2) is 4.79 Å². The van der Waals surface area contributed by atoms with Gasteiger partial charge in [0.25, 0.3) is 0 Å². The lowest BCUT2D eigenvalue weighted by Gasteiger charge is -2.40. The fourth-order valence-corrected chi connectivity index (χ4v) is 3.64. The van der Waals surface area contributed by atoms with Crippen molar-refractivity contribution in [2.45, 2.75) is 32.4 Å². The van der Waals surface area contributed by atoms with Gasteiger partial charge in [0.05, 0.1) is 6.61 Å². The molecule has 1 heterocycles. The van der Waals surface area contributed by atoms with Crippen molar-refractivity contribution in [1.82, 2.24) is 10.2 Å². The van der Waals surface area contributed by atoms with Crippen molar-refractivity contribution in [2.24, 2.45) is 11.8 Å². The lowest BCUT2D eigenvalue weighted by molar-refractivity contribution is -0.143. The van der Waals surface area contributed by atoms with Crippen molar-refractivity contribution in [3.63, 3.8) is 0 Å². The summed E-state index contributed by atoms with van der Waals surface area (Å²) in [4.78, 5) is 37.5. The van der Waals surface area contributed by atoms with Crippen LogP contribution in [0.1, 0.15) is 25.3 Å². The van der Waals surface area contributed by atoms with Gasteiger partial charge in [0.2, 0.25) is 5.91 Å². The first-order valence-corrected chi connectivity index (χ1v) is 10.1. The second-order valence-electron chi connectivity index (χ2n) is 7.45. The summed E-state index contributed by atoms with van der Waals surface area (Å²) in [6.07, 6.45) is 3.79. The fraction of sp³-hybridized carbons (Fsp3) is 0.435. The Morgan fingerprint density at radius 2 is 1.93 bits per heavy atom. The zero-order valence-corrected chi connectivity index (χ0v) is 17.4. The SMILES string of the molecule is C=CC[C@@H](NC(=O)C=C)[C@@H]1C[C@H](COC(C)=O)CN(C(=O)OCc2ccccc2)C1. The second kappa shape index (κ2) is 11.8. The van der Waals surface area contributed by atoms with Gasteiger partial charge in [-0.2, -0.15) is 0 Å². The van der Waals surface area contributed by atoms with Gasteiger partial charge in [-0.05, 0) is 30.4 Å². The Hall–Kier alpha value is -3.09. The van der Waals surface area contributed by atoms with Crippen LogP contribution in [0.15, 0.2) is 55.6 Å². The Morgan fingerprint density at radius 3 is 2.57 bits per heavy atom. The standard InChI is InChI=1S/C23H30N2O5/c1-4-9-21(24-22(27)5-2)20-12-19(16-29-17(3)26)13-25(14-20)23(28)30-15-18-10-7-6-8-11-18/h4-8,10-11,19-21H,1-2,9,12-16H2,3H3,(H,24,27)/t19-,20+,21+/m0/s1. The van der Waals surface area contributed by atoms with E-state index in [0.717, 1.165) is 5.56 Å². The molecule has 2 amide bonds. The van der Waals surface area contributed by atoms with Crippen molar-refractivity contribution in [2.75, 3.05) is 19.7 Å². The summed E-state index contributed by atoms with van der Waals surface area (Å²) >= 11 is 0. The van der Waals surface area contributed by atoms with Gasteiger partial charge in [-0.3, -0.25) is 9.59 Å². The molecule has 1 aromatic rings. The highest BCUT2D eigenvalue weighted by Gasteiger charge is 2.35. The van der Waals surface area contributed by atoms with Gasteiger partial charge >= 0.3 is 12.1 Å². The maximum Gasteiger partial charge on any atom is 0.410 e. The molecule has 7 heteroatoms. The lowest BCUT2D eigenvalue weighted by Crippen LogP contribution is -2.52. The van der Waals surface area contributed by atoms with Gasteiger partial charge in [-0.1, -0.05) is 43.0 Å². The summed E-state index contributed by atoms with van der Waals surface area (Å²) in [7, 11) is 0. The molecule has 1 N–H and O–H groups in total. The number of hydrogen-bond donors (Lipinski definition) is 1. The van der Waals surface area contributed by atoms with E-state index in [2.05, 4.69) is 18.5 Å². The molecule has 0 radical (unpaired) electrons. The summed E-state index contributed by atoms with van der Waals surface area (Å²) < 4.78 is 10.7. The third-order valence-electron chi connectivity index (χ3n) is 5.06. The highest BCUT2D eigenvalue weighted by atomic mass is 16.6. The Labute approximate surface area is 177 Å². The molecule has 1 aromatic carbocycles. The molecular weight excluding hydrogens is 384 g/mol. The number of nitrogens with zero attached hydrogens (tertiary/aromatic N) is 1.